The van der Waals surface area contributed by atoms with Gasteiger partial charge < -0.3 is 9.90 Å². The summed E-state index contributed by atoms with van der Waals surface area (Å²) in [7, 11) is 0. The molecule has 0 aromatic heterocycles. The van der Waals surface area contributed by atoms with Gasteiger partial charge in [-0.2, -0.15) is 0 Å². The number of carbonyl (C=O) groups is 1. The van der Waals surface area contributed by atoms with Crippen LogP contribution < -0.4 is 0 Å². The molecular formula is C10H11FO2. The van der Waals surface area contributed by atoms with Gasteiger partial charge in [-0.15, -0.1) is 0 Å². The Morgan fingerprint density at radius 3 is 2.69 bits per heavy atom. The monoisotopic (exact) mass is 182 g/mol. The summed E-state index contributed by atoms with van der Waals surface area (Å²) in [5.74, 6) is -0.491. The van der Waals surface area contributed by atoms with Gasteiger partial charge in [0.15, 0.2) is 0 Å². The van der Waals surface area contributed by atoms with E-state index in [2.05, 4.69) is 0 Å². The molecule has 1 atom stereocenters. The number of benzene rings is 1. The molecule has 2 nitrogen and oxygen atoms in total. The van der Waals surface area contributed by atoms with Gasteiger partial charge in [0.05, 0.1) is 5.60 Å². The predicted octanol–water partition coefficient (Wildman–Crippen LogP) is 1.62. The van der Waals surface area contributed by atoms with Gasteiger partial charge in [-0.3, -0.25) is 0 Å². The van der Waals surface area contributed by atoms with E-state index in [0.717, 1.165) is 0 Å². The molecule has 0 amide bonds. The van der Waals surface area contributed by atoms with Crippen LogP contribution in [0, 0.1) is 5.82 Å². The molecular weight excluding hydrogens is 171 g/mol. The van der Waals surface area contributed by atoms with E-state index in [4.69, 9.17) is 0 Å². The number of hydrogen-bond donors (Lipinski definition) is 1. The zero-order valence-electron chi connectivity index (χ0n) is 7.33. The van der Waals surface area contributed by atoms with Crippen LogP contribution in [0.2, 0.25) is 0 Å². The van der Waals surface area contributed by atoms with Crippen molar-refractivity contribution in [2.24, 2.45) is 0 Å². The summed E-state index contributed by atoms with van der Waals surface area (Å²) in [5.41, 5.74) is -1.25. The standard InChI is InChI=1S/C10H11FO2/c1-10(13,6-7-12)8-4-2-3-5-9(8)11/h2-5,7,13H,6H2,1H3. The summed E-state index contributed by atoms with van der Waals surface area (Å²) < 4.78 is 13.1. The molecule has 1 aromatic carbocycles. The fraction of sp³-hybridized carbons (Fsp3) is 0.300. The first-order chi connectivity index (χ1) is 6.08. The molecule has 13 heavy (non-hydrogen) atoms. The molecule has 0 fully saturated rings. The third kappa shape index (κ3) is 2.12. The van der Waals surface area contributed by atoms with E-state index in [-0.39, 0.29) is 12.0 Å². The first kappa shape index (κ1) is 9.86. The minimum atomic E-state index is -1.41. The summed E-state index contributed by atoms with van der Waals surface area (Å²) in [6, 6.07) is 5.89. The van der Waals surface area contributed by atoms with Gasteiger partial charge in [0.1, 0.15) is 12.1 Å². The smallest absolute Gasteiger partial charge is 0.129 e. The van der Waals surface area contributed by atoms with Crippen LogP contribution in [0.3, 0.4) is 0 Å². The third-order valence-electron chi connectivity index (χ3n) is 1.93. The molecule has 1 unspecified atom stereocenters. The Morgan fingerprint density at radius 1 is 1.54 bits per heavy atom. The molecule has 1 N–H and O–H groups in total. The van der Waals surface area contributed by atoms with Gasteiger partial charge in [-0.1, -0.05) is 18.2 Å². The van der Waals surface area contributed by atoms with E-state index in [0.29, 0.717) is 6.29 Å². The first-order valence-electron chi connectivity index (χ1n) is 3.99. The largest absolute Gasteiger partial charge is 0.385 e. The second-order valence-electron chi connectivity index (χ2n) is 3.12. The lowest BCUT2D eigenvalue weighted by Crippen LogP contribution is -2.23. The Hall–Kier alpha value is -1.22. The van der Waals surface area contributed by atoms with Crippen molar-refractivity contribution in [3.05, 3.63) is 35.6 Å². The van der Waals surface area contributed by atoms with Crippen LogP contribution in [-0.2, 0) is 10.4 Å². The van der Waals surface area contributed by atoms with Gasteiger partial charge in [0, 0.05) is 12.0 Å². The highest BCUT2D eigenvalue weighted by Gasteiger charge is 2.25. The van der Waals surface area contributed by atoms with Gasteiger partial charge in [0.2, 0.25) is 0 Å². The average Bonchev–Trinajstić information content (AvgIpc) is 2.04. The number of hydrogen-bond acceptors (Lipinski definition) is 2. The maximum absolute atomic E-state index is 13.1. The van der Waals surface area contributed by atoms with Crippen molar-refractivity contribution in [2.45, 2.75) is 18.9 Å². The molecule has 0 heterocycles. The molecule has 0 saturated heterocycles. The zero-order valence-corrected chi connectivity index (χ0v) is 7.33. The Kier molecular flexibility index (Phi) is 2.78. The second-order valence-corrected chi connectivity index (χ2v) is 3.12. The second kappa shape index (κ2) is 3.66. The minimum Gasteiger partial charge on any atom is -0.385 e. The molecule has 0 bridgehead atoms. The molecule has 0 spiro atoms. The highest BCUT2D eigenvalue weighted by Crippen LogP contribution is 2.25. The van der Waals surface area contributed by atoms with Gasteiger partial charge in [-0.25, -0.2) is 4.39 Å². The van der Waals surface area contributed by atoms with Crippen molar-refractivity contribution in [3.8, 4) is 0 Å². The van der Waals surface area contributed by atoms with E-state index in [1.807, 2.05) is 0 Å². The van der Waals surface area contributed by atoms with Crippen molar-refractivity contribution in [2.75, 3.05) is 0 Å². The number of halogens is 1. The molecule has 0 saturated carbocycles. The van der Waals surface area contributed by atoms with E-state index < -0.39 is 11.4 Å². The first-order valence-corrected chi connectivity index (χ1v) is 3.99. The third-order valence-corrected chi connectivity index (χ3v) is 1.93. The van der Waals surface area contributed by atoms with Gasteiger partial charge >= 0.3 is 0 Å². The lowest BCUT2D eigenvalue weighted by Gasteiger charge is -2.21. The number of aliphatic hydroxyl groups is 1. The molecule has 0 aliphatic carbocycles. The quantitative estimate of drug-likeness (QED) is 0.721. The number of aldehydes is 1. The molecule has 1 rings (SSSR count). The summed E-state index contributed by atoms with van der Waals surface area (Å²) in [5, 5.41) is 9.70. The maximum atomic E-state index is 13.1. The summed E-state index contributed by atoms with van der Waals surface area (Å²) in [4.78, 5) is 10.2. The molecule has 3 heteroatoms. The van der Waals surface area contributed by atoms with Gasteiger partial charge in [-0.05, 0) is 13.0 Å². The fourth-order valence-corrected chi connectivity index (χ4v) is 1.17. The molecule has 0 radical (unpaired) electrons. The van der Waals surface area contributed by atoms with Crippen molar-refractivity contribution in [1.29, 1.82) is 0 Å². The Morgan fingerprint density at radius 2 is 2.15 bits per heavy atom. The van der Waals surface area contributed by atoms with E-state index in [1.54, 1.807) is 6.07 Å². The summed E-state index contributed by atoms with van der Waals surface area (Å²) in [6.45, 7) is 1.42. The van der Waals surface area contributed by atoms with Crippen LogP contribution in [0.5, 0.6) is 0 Å². The van der Waals surface area contributed by atoms with Crippen LogP contribution in [0.1, 0.15) is 18.9 Å². The molecule has 0 aliphatic heterocycles. The minimum absolute atomic E-state index is 0.103. The highest BCUT2D eigenvalue weighted by molar-refractivity contribution is 5.52. The van der Waals surface area contributed by atoms with Crippen molar-refractivity contribution >= 4 is 6.29 Å². The Bertz CT molecular complexity index is 308. The summed E-state index contributed by atoms with van der Waals surface area (Å²) >= 11 is 0. The predicted molar refractivity (Wildman–Crippen MR) is 46.7 cm³/mol. The lowest BCUT2D eigenvalue weighted by atomic mass is 9.93. The van der Waals surface area contributed by atoms with E-state index in [1.165, 1.54) is 25.1 Å². The molecule has 0 aliphatic rings. The SMILES string of the molecule is CC(O)(CC=O)c1ccccc1F. The van der Waals surface area contributed by atoms with E-state index in [9.17, 15) is 14.3 Å². The van der Waals surface area contributed by atoms with Crippen LogP contribution in [0.25, 0.3) is 0 Å². The van der Waals surface area contributed by atoms with Crippen LogP contribution in [0.4, 0.5) is 4.39 Å². The van der Waals surface area contributed by atoms with E-state index >= 15 is 0 Å². The molecule has 70 valence electrons. The van der Waals surface area contributed by atoms with Crippen molar-refractivity contribution < 1.29 is 14.3 Å². The zero-order chi connectivity index (χ0) is 9.90. The van der Waals surface area contributed by atoms with Crippen LogP contribution >= 0.6 is 0 Å². The highest BCUT2D eigenvalue weighted by atomic mass is 19.1. The fourth-order valence-electron chi connectivity index (χ4n) is 1.17. The Balaban J connectivity index is 3.06. The number of rotatable bonds is 3. The molecule has 1 aromatic rings. The maximum Gasteiger partial charge on any atom is 0.129 e. The van der Waals surface area contributed by atoms with Crippen molar-refractivity contribution in [1.82, 2.24) is 0 Å². The Labute approximate surface area is 76.0 Å². The van der Waals surface area contributed by atoms with Gasteiger partial charge in [0.25, 0.3) is 0 Å². The van der Waals surface area contributed by atoms with Crippen molar-refractivity contribution in [3.63, 3.8) is 0 Å². The van der Waals surface area contributed by atoms with Crippen LogP contribution in [-0.4, -0.2) is 11.4 Å². The normalized spacial score (nSPS) is 15.0. The topological polar surface area (TPSA) is 37.3 Å². The average molecular weight is 182 g/mol. The summed E-state index contributed by atoms with van der Waals surface area (Å²) in [6.07, 6.45) is 0.473. The number of carbonyl (C=O) groups excluding carboxylic acids is 1. The lowest BCUT2D eigenvalue weighted by molar-refractivity contribution is -0.112. The van der Waals surface area contributed by atoms with Crippen LogP contribution in [0.15, 0.2) is 24.3 Å².